The Kier molecular flexibility index (Phi) is 7.26. The van der Waals surface area contributed by atoms with Gasteiger partial charge in [-0.05, 0) is 23.8 Å². The lowest BCUT2D eigenvalue weighted by Gasteiger charge is -2.24. The Morgan fingerprint density at radius 2 is 1.93 bits per heavy atom. The maximum Gasteiger partial charge on any atom is 0.221 e. The molecule has 5 nitrogen and oxygen atoms in total. The fourth-order valence-electron chi connectivity index (χ4n) is 3.44. The van der Waals surface area contributed by atoms with E-state index in [2.05, 4.69) is 21.2 Å². The molecule has 3 rings (SSSR count). The quantitative estimate of drug-likeness (QED) is 0.622. The van der Waals surface area contributed by atoms with Crippen molar-refractivity contribution in [2.45, 2.75) is 12.3 Å². The van der Waals surface area contributed by atoms with Crippen molar-refractivity contribution < 1.29 is 19.5 Å². The van der Waals surface area contributed by atoms with Gasteiger partial charge in [0, 0.05) is 22.4 Å². The number of benzene rings is 2. The summed E-state index contributed by atoms with van der Waals surface area (Å²) >= 11 is 3.46. The van der Waals surface area contributed by atoms with Crippen molar-refractivity contribution in [3.63, 3.8) is 0 Å². The molecule has 1 fully saturated rings. The Morgan fingerprint density at radius 3 is 2.67 bits per heavy atom. The number of ether oxygens (including phenoxy) is 1. The molecule has 0 saturated carbocycles. The molecule has 6 heteroatoms. The molecule has 1 saturated heterocycles. The zero-order chi connectivity index (χ0) is 19.1. The van der Waals surface area contributed by atoms with Crippen molar-refractivity contribution in [1.29, 1.82) is 0 Å². The minimum absolute atomic E-state index is 0.00381. The Hall–Kier alpha value is -1.89. The zero-order valence-corrected chi connectivity index (χ0v) is 16.9. The zero-order valence-electron chi connectivity index (χ0n) is 15.3. The minimum Gasteiger partial charge on any atom is -0.508 e. The van der Waals surface area contributed by atoms with Crippen LogP contribution in [0.5, 0.6) is 5.75 Å². The summed E-state index contributed by atoms with van der Waals surface area (Å²) in [5.41, 5.74) is 1.77. The monoisotopic (exact) mass is 433 g/mol. The molecule has 1 heterocycles. The molecule has 1 aliphatic rings. The molecule has 0 bridgehead atoms. The molecule has 3 N–H and O–H groups in total. The first-order chi connectivity index (χ1) is 13.1. The molecule has 0 aliphatic carbocycles. The number of hydrogen-bond acceptors (Lipinski definition) is 3. The van der Waals surface area contributed by atoms with E-state index in [0.29, 0.717) is 13.0 Å². The van der Waals surface area contributed by atoms with Crippen LogP contribution in [0.1, 0.15) is 23.5 Å². The van der Waals surface area contributed by atoms with Crippen molar-refractivity contribution >= 4 is 21.8 Å². The third-order valence-electron chi connectivity index (χ3n) is 4.96. The van der Waals surface area contributed by atoms with Crippen LogP contribution in [0.2, 0.25) is 0 Å². The Morgan fingerprint density at radius 1 is 1.19 bits per heavy atom. The number of amides is 1. The number of morpholine rings is 1. The second kappa shape index (κ2) is 9.88. The van der Waals surface area contributed by atoms with Crippen LogP contribution in [-0.2, 0) is 9.53 Å². The van der Waals surface area contributed by atoms with Gasteiger partial charge in [-0.1, -0.05) is 46.3 Å². The molecule has 0 aromatic heterocycles. The van der Waals surface area contributed by atoms with E-state index >= 15 is 0 Å². The number of phenolic OH excluding ortho intramolecular Hbond substituents is 1. The molecular formula is C21H26BrN2O3+. The highest BCUT2D eigenvalue weighted by Crippen LogP contribution is 2.35. The van der Waals surface area contributed by atoms with Crippen molar-refractivity contribution in [2.75, 3.05) is 39.4 Å². The smallest absolute Gasteiger partial charge is 0.221 e. The molecule has 1 aliphatic heterocycles. The summed E-state index contributed by atoms with van der Waals surface area (Å²) in [6, 6.07) is 15.2. The number of halogens is 1. The van der Waals surface area contributed by atoms with Gasteiger partial charge in [0.15, 0.2) is 0 Å². The van der Waals surface area contributed by atoms with Crippen LogP contribution in [0.15, 0.2) is 53.0 Å². The molecule has 0 radical (unpaired) electrons. The Balaban J connectivity index is 1.66. The van der Waals surface area contributed by atoms with E-state index in [-0.39, 0.29) is 17.6 Å². The average Bonchev–Trinajstić information content (AvgIpc) is 2.70. The van der Waals surface area contributed by atoms with E-state index in [1.54, 1.807) is 12.1 Å². The normalized spacial score (nSPS) is 16.0. The first-order valence-corrected chi connectivity index (χ1v) is 10.1. The van der Waals surface area contributed by atoms with E-state index in [1.165, 1.54) is 4.90 Å². The summed E-state index contributed by atoms with van der Waals surface area (Å²) in [5.74, 6) is 0.00735. The summed E-state index contributed by atoms with van der Waals surface area (Å²) in [6.07, 6.45) is 0.298. The van der Waals surface area contributed by atoms with Gasteiger partial charge in [0.25, 0.3) is 0 Å². The van der Waals surface area contributed by atoms with Crippen LogP contribution in [0.3, 0.4) is 0 Å². The number of phenols is 1. The molecule has 1 amide bonds. The molecular weight excluding hydrogens is 408 g/mol. The van der Waals surface area contributed by atoms with Gasteiger partial charge in [-0.15, -0.1) is 0 Å². The SMILES string of the molecule is O=C(CC(c1ccccc1)c1cc(Br)ccc1O)NCC[NH+]1CCOCC1. The molecule has 144 valence electrons. The second-order valence-electron chi connectivity index (χ2n) is 6.83. The van der Waals surface area contributed by atoms with Gasteiger partial charge in [-0.2, -0.15) is 0 Å². The van der Waals surface area contributed by atoms with E-state index in [9.17, 15) is 9.90 Å². The number of nitrogens with one attached hydrogen (secondary N) is 2. The minimum atomic E-state index is -0.195. The number of carbonyl (C=O) groups is 1. The Bertz CT molecular complexity index is 748. The molecule has 2 aromatic carbocycles. The van der Waals surface area contributed by atoms with Crippen LogP contribution in [0.4, 0.5) is 0 Å². The van der Waals surface area contributed by atoms with Gasteiger partial charge in [0.2, 0.25) is 5.91 Å². The van der Waals surface area contributed by atoms with Crippen LogP contribution < -0.4 is 10.2 Å². The highest BCUT2D eigenvalue weighted by Gasteiger charge is 2.22. The maximum absolute atomic E-state index is 12.6. The summed E-state index contributed by atoms with van der Waals surface area (Å²) in [4.78, 5) is 14.1. The van der Waals surface area contributed by atoms with Gasteiger partial charge < -0.3 is 20.1 Å². The average molecular weight is 434 g/mol. The van der Waals surface area contributed by atoms with E-state index in [0.717, 1.165) is 48.4 Å². The largest absolute Gasteiger partial charge is 0.508 e. The van der Waals surface area contributed by atoms with Crippen LogP contribution in [0, 0.1) is 0 Å². The van der Waals surface area contributed by atoms with Crippen molar-refractivity contribution in [2.24, 2.45) is 0 Å². The Labute approximate surface area is 168 Å². The number of hydrogen-bond donors (Lipinski definition) is 3. The van der Waals surface area contributed by atoms with E-state index < -0.39 is 0 Å². The predicted octanol–water partition coefficient (Wildman–Crippen LogP) is 1.71. The van der Waals surface area contributed by atoms with E-state index in [4.69, 9.17) is 4.74 Å². The molecule has 27 heavy (non-hydrogen) atoms. The standard InChI is InChI=1S/C21H25BrN2O3/c22-17-6-7-20(25)19(14-17)18(16-4-2-1-3-5-16)15-21(26)23-8-9-24-10-12-27-13-11-24/h1-7,14,18,25H,8-13,15H2,(H,23,26)/p+1. The predicted molar refractivity (Wildman–Crippen MR) is 108 cm³/mol. The highest BCUT2D eigenvalue weighted by molar-refractivity contribution is 9.10. The van der Waals surface area contributed by atoms with Crippen molar-refractivity contribution in [3.8, 4) is 5.75 Å². The van der Waals surface area contributed by atoms with Gasteiger partial charge >= 0.3 is 0 Å². The second-order valence-corrected chi connectivity index (χ2v) is 7.75. The molecule has 0 spiro atoms. The van der Waals surface area contributed by atoms with Crippen LogP contribution in [0.25, 0.3) is 0 Å². The number of rotatable bonds is 7. The fourth-order valence-corrected chi connectivity index (χ4v) is 3.82. The first kappa shape index (κ1) is 19.9. The van der Waals surface area contributed by atoms with Gasteiger partial charge in [-0.3, -0.25) is 4.79 Å². The third-order valence-corrected chi connectivity index (χ3v) is 5.45. The topological polar surface area (TPSA) is 63.0 Å². The lowest BCUT2D eigenvalue weighted by atomic mass is 9.87. The third kappa shape index (κ3) is 5.79. The molecule has 2 aromatic rings. The van der Waals surface area contributed by atoms with E-state index in [1.807, 2.05) is 36.4 Å². The molecule has 1 atom stereocenters. The fraction of sp³-hybridized carbons (Fsp3) is 0.381. The highest BCUT2D eigenvalue weighted by atomic mass is 79.9. The van der Waals surface area contributed by atoms with Crippen LogP contribution >= 0.6 is 15.9 Å². The maximum atomic E-state index is 12.6. The number of quaternary nitrogens is 1. The lowest BCUT2D eigenvalue weighted by Crippen LogP contribution is -3.14. The molecule has 1 unspecified atom stereocenters. The first-order valence-electron chi connectivity index (χ1n) is 9.35. The number of carbonyl (C=O) groups excluding carboxylic acids is 1. The lowest BCUT2D eigenvalue weighted by molar-refractivity contribution is -0.906. The van der Waals surface area contributed by atoms with Crippen molar-refractivity contribution in [3.05, 3.63) is 64.1 Å². The summed E-state index contributed by atoms with van der Waals surface area (Å²) in [7, 11) is 0. The van der Waals surface area contributed by atoms with Crippen molar-refractivity contribution in [1.82, 2.24) is 5.32 Å². The van der Waals surface area contributed by atoms with Gasteiger partial charge in [0.05, 0.1) is 26.3 Å². The van der Waals surface area contributed by atoms with Gasteiger partial charge in [-0.25, -0.2) is 0 Å². The summed E-state index contributed by atoms with van der Waals surface area (Å²) < 4.78 is 6.24. The summed E-state index contributed by atoms with van der Waals surface area (Å²) in [5, 5.41) is 13.4. The number of aromatic hydroxyl groups is 1. The summed E-state index contributed by atoms with van der Waals surface area (Å²) in [6.45, 7) is 5.14. The van der Waals surface area contributed by atoms with Gasteiger partial charge in [0.1, 0.15) is 18.8 Å². The van der Waals surface area contributed by atoms with Crippen LogP contribution in [-0.4, -0.2) is 50.4 Å².